The lowest BCUT2D eigenvalue weighted by atomic mass is 9.70. The molecule has 1 aliphatic heterocycles. The number of hydrogen-bond donors (Lipinski definition) is 2. The largest absolute Gasteiger partial charge is 0.481 e. The second-order valence-electron chi connectivity index (χ2n) is 9.33. The number of thiophene rings is 1. The number of benzene rings is 1. The van der Waals surface area contributed by atoms with E-state index in [0.717, 1.165) is 22.9 Å². The molecule has 1 aromatic carbocycles. The number of nitrogens with zero attached hydrogens (tertiary/aromatic N) is 1. The number of amides is 1. The van der Waals surface area contributed by atoms with Crippen LogP contribution in [0.25, 0.3) is 21.3 Å². The summed E-state index contributed by atoms with van der Waals surface area (Å²) >= 11 is 1.70. The number of carbonyl (C=O) groups excluding carboxylic acids is 2. The lowest BCUT2D eigenvalue weighted by molar-refractivity contribution is -0.157. The number of fused-ring (bicyclic) bond motifs is 2. The maximum atomic E-state index is 13.5. The summed E-state index contributed by atoms with van der Waals surface area (Å²) in [4.78, 5) is 44.2. The summed E-state index contributed by atoms with van der Waals surface area (Å²) in [6, 6.07) is 10.1. The predicted octanol–water partition coefficient (Wildman–Crippen LogP) is 5.06. The van der Waals surface area contributed by atoms with E-state index in [1.165, 1.54) is 10.4 Å². The van der Waals surface area contributed by atoms with E-state index >= 15 is 0 Å². The predicted molar refractivity (Wildman–Crippen MR) is 128 cm³/mol. The summed E-state index contributed by atoms with van der Waals surface area (Å²) in [7, 11) is 0. The Hall–Kier alpha value is -2.93. The second-order valence-corrected chi connectivity index (χ2v) is 10.3. The van der Waals surface area contributed by atoms with Gasteiger partial charge in [0, 0.05) is 53.0 Å². The van der Waals surface area contributed by atoms with E-state index in [2.05, 4.69) is 35.5 Å². The summed E-state index contributed by atoms with van der Waals surface area (Å²) in [6.45, 7) is 2.46. The van der Waals surface area contributed by atoms with Crippen LogP contribution in [0.15, 0.2) is 41.9 Å². The summed E-state index contributed by atoms with van der Waals surface area (Å²) in [5.41, 5.74) is 3.33. The van der Waals surface area contributed by atoms with Crippen molar-refractivity contribution in [2.75, 3.05) is 6.54 Å². The lowest BCUT2D eigenvalue weighted by Crippen LogP contribution is -2.57. The molecule has 6 nitrogen and oxygen atoms in total. The molecule has 3 aromatic rings. The number of aliphatic carboxylic acids is 1. The van der Waals surface area contributed by atoms with E-state index in [1.54, 1.807) is 11.3 Å². The maximum absolute atomic E-state index is 13.5. The maximum Gasteiger partial charge on any atom is 0.307 e. The lowest BCUT2D eigenvalue weighted by Gasteiger charge is -2.45. The molecule has 0 bridgehead atoms. The molecule has 2 aliphatic rings. The highest BCUT2D eigenvalue weighted by atomic mass is 32.1. The van der Waals surface area contributed by atoms with Gasteiger partial charge in [-0.2, -0.15) is 0 Å². The first-order valence-corrected chi connectivity index (χ1v) is 12.5. The molecule has 1 saturated carbocycles. The van der Waals surface area contributed by atoms with Gasteiger partial charge in [0.05, 0.1) is 11.8 Å². The van der Waals surface area contributed by atoms with Crippen molar-refractivity contribution in [3.05, 3.63) is 47.5 Å². The molecule has 5 rings (SSSR count). The first-order valence-electron chi connectivity index (χ1n) is 11.6. The van der Waals surface area contributed by atoms with Crippen LogP contribution in [0.2, 0.25) is 0 Å². The van der Waals surface area contributed by atoms with Gasteiger partial charge in [0.15, 0.2) is 0 Å². The summed E-state index contributed by atoms with van der Waals surface area (Å²) in [6.07, 6.45) is 4.54. The first-order chi connectivity index (χ1) is 16.0. The summed E-state index contributed by atoms with van der Waals surface area (Å²) in [5.74, 6) is -2.16. The molecule has 0 radical (unpaired) electrons. The van der Waals surface area contributed by atoms with Crippen LogP contribution < -0.4 is 0 Å². The molecule has 0 spiro atoms. The van der Waals surface area contributed by atoms with E-state index in [4.69, 9.17) is 0 Å². The Morgan fingerprint density at radius 2 is 2.09 bits per heavy atom. The number of carboxylic acids is 1. The topological polar surface area (TPSA) is 90.5 Å². The Kier molecular flexibility index (Phi) is 5.83. The van der Waals surface area contributed by atoms with Crippen molar-refractivity contribution in [2.24, 2.45) is 11.8 Å². The van der Waals surface area contributed by atoms with Gasteiger partial charge in [-0.1, -0.05) is 31.5 Å². The number of rotatable bonds is 5. The van der Waals surface area contributed by atoms with Crippen LogP contribution >= 0.6 is 11.3 Å². The van der Waals surface area contributed by atoms with Crippen LogP contribution in [0.1, 0.15) is 50.5 Å². The zero-order valence-electron chi connectivity index (χ0n) is 18.6. The van der Waals surface area contributed by atoms with Crippen LogP contribution in [0.4, 0.5) is 0 Å². The van der Waals surface area contributed by atoms with Crippen molar-refractivity contribution in [1.29, 1.82) is 0 Å². The van der Waals surface area contributed by atoms with Crippen molar-refractivity contribution >= 4 is 39.9 Å². The molecule has 3 heterocycles. The van der Waals surface area contributed by atoms with Crippen LogP contribution in [0.5, 0.6) is 0 Å². The summed E-state index contributed by atoms with van der Waals surface area (Å²) in [5, 5.41) is 12.9. The fourth-order valence-electron chi connectivity index (χ4n) is 5.84. The molecule has 2 fully saturated rings. The van der Waals surface area contributed by atoms with E-state index < -0.39 is 17.8 Å². The molecular formula is C26H28N2O4S. The van der Waals surface area contributed by atoms with Gasteiger partial charge in [-0.15, -0.1) is 11.3 Å². The average Bonchev–Trinajstić information content (AvgIpc) is 3.49. The van der Waals surface area contributed by atoms with E-state index in [0.29, 0.717) is 25.8 Å². The number of carboxylic acid groups (broad SMARTS) is 1. The third-order valence-corrected chi connectivity index (χ3v) is 8.31. The number of Topliss-reactive ketones (excluding diaryl/α,β-unsaturated/α-hetero) is 1. The third-order valence-electron chi connectivity index (χ3n) is 7.41. The zero-order valence-corrected chi connectivity index (χ0v) is 19.4. The number of ketones is 1. The number of nitrogens with one attached hydrogen (secondary N) is 1. The van der Waals surface area contributed by atoms with Crippen molar-refractivity contribution in [1.82, 2.24) is 9.88 Å². The van der Waals surface area contributed by atoms with Crippen LogP contribution in [-0.4, -0.2) is 45.2 Å². The van der Waals surface area contributed by atoms with Gasteiger partial charge in [0.2, 0.25) is 5.91 Å². The van der Waals surface area contributed by atoms with Gasteiger partial charge >= 0.3 is 5.97 Å². The molecule has 4 atom stereocenters. The molecule has 2 aromatic heterocycles. The van der Waals surface area contributed by atoms with Crippen molar-refractivity contribution in [2.45, 2.75) is 51.0 Å². The van der Waals surface area contributed by atoms with Gasteiger partial charge < -0.3 is 15.0 Å². The van der Waals surface area contributed by atoms with Gasteiger partial charge in [0.1, 0.15) is 5.78 Å². The number of likely N-dealkylation sites (tertiary alicyclic amines) is 1. The van der Waals surface area contributed by atoms with Crippen LogP contribution in [0, 0.1) is 11.8 Å². The minimum absolute atomic E-state index is 0.00131. The van der Waals surface area contributed by atoms with E-state index in [-0.39, 0.29) is 30.1 Å². The quantitative estimate of drug-likeness (QED) is 0.552. The Bertz CT molecular complexity index is 1200. The van der Waals surface area contributed by atoms with Crippen molar-refractivity contribution < 1.29 is 19.5 Å². The Morgan fingerprint density at radius 1 is 1.24 bits per heavy atom. The highest BCUT2D eigenvalue weighted by Gasteiger charge is 2.47. The number of hydrogen-bond acceptors (Lipinski definition) is 4. The molecule has 33 heavy (non-hydrogen) atoms. The van der Waals surface area contributed by atoms with Gasteiger partial charge in [-0.3, -0.25) is 14.4 Å². The average molecular weight is 465 g/mol. The molecule has 4 unspecified atom stereocenters. The van der Waals surface area contributed by atoms with Crippen LogP contribution in [0.3, 0.4) is 0 Å². The SMILES string of the molecule is CC(CC(=O)N1CCC(=O)C2C(C(=O)O)CCCC21)c1c[nH]c2cccc(-c3cccs3)c12. The van der Waals surface area contributed by atoms with E-state index in [1.807, 2.05) is 23.2 Å². The minimum Gasteiger partial charge on any atom is -0.481 e. The molecule has 1 amide bonds. The Labute approximate surface area is 196 Å². The number of aromatic nitrogens is 1. The molecule has 172 valence electrons. The van der Waals surface area contributed by atoms with Crippen molar-refractivity contribution in [3.8, 4) is 10.4 Å². The number of carbonyl (C=O) groups is 3. The van der Waals surface area contributed by atoms with Gasteiger partial charge in [-0.25, -0.2) is 0 Å². The number of aromatic amines is 1. The summed E-state index contributed by atoms with van der Waals surface area (Å²) < 4.78 is 0. The number of H-pyrrole nitrogens is 1. The Balaban J connectivity index is 1.40. The second kappa shape index (κ2) is 8.78. The van der Waals surface area contributed by atoms with Crippen molar-refractivity contribution in [3.63, 3.8) is 0 Å². The van der Waals surface area contributed by atoms with E-state index in [9.17, 15) is 19.5 Å². The molecule has 1 saturated heterocycles. The smallest absolute Gasteiger partial charge is 0.307 e. The minimum atomic E-state index is -0.916. The molecule has 2 N–H and O–H groups in total. The van der Waals surface area contributed by atoms with Gasteiger partial charge in [0.25, 0.3) is 0 Å². The van der Waals surface area contributed by atoms with Gasteiger partial charge in [-0.05, 0) is 41.8 Å². The standard InChI is InChI=1S/C26H28N2O4S/c1-15(18-14-27-19-7-2-5-16(24(18)19)22-9-4-12-33-22)13-23(30)28-11-10-21(29)25-17(26(31)32)6-3-8-20(25)28/h2,4-5,7,9,12,14-15,17,20,25,27H,3,6,8,10-11,13H2,1H3,(H,31,32). The third kappa shape index (κ3) is 3.88. The van der Waals surface area contributed by atoms with Crippen LogP contribution in [-0.2, 0) is 14.4 Å². The molecule has 7 heteroatoms. The highest BCUT2D eigenvalue weighted by molar-refractivity contribution is 7.13. The Morgan fingerprint density at radius 3 is 2.85 bits per heavy atom. The molecule has 1 aliphatic carbocycles. The molecular weight excluding hydrogens is 436 g/mol. The zero-order chi connectivity index (χ0) is 23.1. The number of piperidine rings is 1. The fraction of sp³-hybridized carbons (Fsp3) is 0.423. The highest BCUT2D eigenvalue weighted by Crippen LogP contribution is 2.40. The fourth-order valence-corrected chi connectivity index (χ4v) is 6.60. The first kappa shape index (κ1) is 21.9. The monoisotopic (exact) mass is 464 g/mol. The normalized spacial score (nSPS) is 24.0.